The molecule has 1 aliphatic carbocycles. The summed E-state index contributed by atoms with van der Waals surface area (Å²) in [5.74, 6) is 0. The van der Waals surface area contributed by atoms with Crippen molar-refractivity contribution < 1.29 is 0 Å². The van der Waals surface area contributed by atoms with Gasteiger partial charge in [-0.25, -0.2) is 0 Å². The van der Waals surface area contributed by atoms with Crippen LogP contribution in [0.3, 0.4) is 0 Å². The first-order chi connectivity index (χ1) is 6.75. The maximum absolute atomic E-state index is 2.69. The molecular formula is C13H27N. The van der Waals surface area contributed by atoms with Crippen molar-refractivity contribution in [2.24, 2.45) is 0 Å². The van der Waals surface area contributed by atoms with E-state index in [1.807, 2.05) is 0 Å². The van der Waals surface area contributed by atoms with Crippen molar-refractivity contribution in [3.63, 3.8) is 0 Å². The zero-order valence-electron chi connectivity index (χ0n) is 10.3. The third-order valence-electron chi connectivity index (χ3n) is 3.57. The maximum atomic E-state index is 2.69. The molecule has 0 radical (unpaired) electrons. The SMILES string of the molecule is CCN(C(C)C)C1CCCCCCC1. The Balaban J connectivity index is 2.44. The lowest BCUT2D eigenvalue weighted by Gasteiger charge is -2.35. The molecule has 0 aromatic carbocycles. The molecule has 0 spiro atoms. The predicted molar refractivity (Wildman–Crippen MR) is 63.6 cm³/mol. The molecule has 1 aliphatic rings. The summed E-state index contributed by atoms with van der Waals surface area (Å²) in [4.78, 5) is 2.69. The fourth-order valence-electron chi connectivity index (χ4n) is 2.81. The molecule has 0 aromatic rings. The summed E-state index contributed by atoms with van der Waals surface area (Å²) in [6.45, 7) is 8.20. The molecule has 14 heavy (non-hydrogen) atoms. The van der Waals surface area contributed by atoms with E-state index < -0.39 is 0 Å². The van der Waals surface area contributed by atoms with E-state index in [-0.39, 0.29) is 0 Å². The van der Waals surface area contributed by atoms with Gasteiger partial charge in [0.15, 0.2) is 0 Å². The molecule has 0 saturated heterocycles. The summed E-state index contributed by atoms with van der Waals surface area (Å²) in [5, 5.41) is 0. The van der Waals surface area contributed by atoms with Gasteiger partial charge in [-0.1, -0.05) is 39.0 Å². The van der Waals surface area contributed by atoms with Gasteiger partial charge in [-0.3, -0.25) is 4.90 Å². The Morgan fingerprint density at radius 1 is 1.00 bits per heavy atom. The molecule has 0 bridgehead atoms. The van der Waals surface area contributed by atoms with Crippen LogP contribution >= 0.6 is 0 Å². The van der Waals surface area contributed by atoms with Gasteiger partial charge in [-0.15, -0.1) is 0 Å². The van der Waals surface area contributed by atoms with Crippen molar-refractivity contribution in [1.82, 2.24) is 4.90 Å². The molecule has 1 fully saturated rings. The molecule has 1 nitrogen and oxygen atoms in total. The van der Waals surface area contributed by atoms with E-state index in [0.29, 0.717) is 0 Å². The van der Waals surface area contributed by atoms with Crippen LogP contribution in [0.2, 0.25) is 0 Å². The van der Waals surface area contributed by atoms with Gasteiger partial charge < -0.3 is 0 Å². The minimum atomic E-state index is 0.726. The first-order valence-corrected chi connectivity index (χ1v) is 6.51. The number of rotatable bonds is 3. The second-order valence-electron chi connectivity index (χ2n) is 4.92. The Labute approximate surface area is 89.9 Å². The fraction of sp³-hybridized carbons (Fsp3) is 1.00. The zero-order chi connectivity index (χ0) is 10.4. The van der Waals surface area contributed by atoms with Gasteiger partial charge in [0.2, 0.25) is 0 Å². The molecule has 0 N–H and O–H groups in total. The van der Waals surface area contributed by atoms with E-state index in [2.05, 4.69) is 25.7 Å². The predicted octanol–water partition coefficient (Wildman–Crippen LogP) is 3.83. The van der Waals surface area contributed by atoms with Crippen LogP contribution in [0.5, 0.6) is 0 Å². The lowest BCUT2D eigenvalue weighted by Crippen LogP contribution is -2.40. The molecule has 0 amide bonds. The highest BCUT2D eigenvalue weighted by molar-refractivity contribution is 4.75. The average molecular weight is 197 g/mol. The Bertz CT molecular complexity index is 134. The second kappa shape index (κ2) is 6.44. The summed E-state index contributed by atoms with van der Waals surface area (Å²) >= 11 is 0. The topological polar surface area (TPSA) is 3.24 Å². The zero-order valence-corrected chi connectivity index (χ0v) is 10.3. The summed E-state index contributed by atoms with van der Waals surface area (Å²) in [6, 6.07) is 1.60. The van der Waals surface area contributed by atoms with Crippen molar-refractivity contribution >= 4 is 0 Å². The van der Waals surface area contributed by atoms with Gasteiger partial charge in [-0.05, 0) is 33.2 Å². The highest BCUT2D eigenvalue weighted by atomic mass is 15.2. The Morgan fingerprint density at radius 2 is 1.50 bits per heavy atom. The van der Waals surface area contributed by atoms with E-state index in [1.54, 1.807) is 0 Å². The van der Waals surface area contributed by atoms with Crippen molar-refractivity contribution in [2.45, 2.75) is 77.8 Å². The summed E-state index contributed by atoms with van der Waals surface area (Å²) in [6.07, 6.45) is 10.2. The highest BCUT2D eigenvalue weighted by Gasteiger charge is 2.19. The van der Waals surface area contributed by atoms with Crippen LogP contribution in [0.1, 0.15) is 65.7 Å². The van der Waals surface area contributed by atoms with Crippen LogP contribution in [0.15, 0.2) is 0 Å². The second-order valence-corrected chi connectivity index (χ2v) is 4.92. The summed E-state index contributed by atoms with van der Waals surface area (Å²) in [7, 11) is 0. The standard InChI is InChI=1S/C13H27N/c1-4-14(12(2)3)13-10-8-6-5-7-9-11-13/h12-13H,4-11H2,1-3H3. The lowest BCUT2D eigenvalue weighted by atomic mass is 9.95. The first kappa shape index (κ1) is 12.0. The lowest BCUT2D eigenvalue weighted by molar-refractivity contribution is 0.136. The summed E-state index contributed by atoms with van der Waals surface area (Å²) < 4.78 is 0. The third-order valence-corrected chi connectivity index (χ3v) is 3.57. The van der Waals surface area contributed by atoms with Gasteiger partial charge >= 0.3 is 0 Å². The van der Waals surface area contributed by atoms with Gasteiger partial charge in [0.1, 0.15) is 0 Å². The van der Waals surface area contributed by atoms with Crippen molar-refractivity contribution in [3.8, 4) is 0 Å². The number of hydrogen-bond donors (Lipinski definition) is 0. The molecular weight excluding hydrogens is 170 g/mol. The third kappa shape index (κ3) is 3.61. The highest BCUT2D eigenvalue weighted by Crippen LogP contribution is 2.22. The Kier molecular flexibility index (Phi) is 5.54. The van der Waals surface area contributed by atoms with Crippen molar-refractivity contribution in [1.29, 1.82) is 0 Å². The normalized spacial score (nSPS) is 21.2. The molecule has 0 unspecified atom stereocenters. The van der Waals surface area contributed by atoms with E-state index >= 15 is 0 Å². The molecule has 1 heteroatoms. The van der Waals surface area contributed by atoms with Crippen molar-refractivity contribution in [2.75, 3.05) is 6.54 Å². The summed E-state index contributed by atoms with van der Waals surface area (Å²) in [5.41, 5.74) is 0. The van der Waals surface area contributed by atoms with Crippen LogP contribution in [0, 0.1) is 0 Å². The van der Waals surface area contributed by atoms with E-state index in [0.717, 1.165) is 12.1 Å². The van der Waals surface area contributed by atoms with E-state index in [9.17, 15) is 0 Å². The first-order valence-electron chi connectivity index (χ1n) is 6.51. The van der Waals surface area contributed by atoms with Crippen LogP contribution in [0.4, 0.5) is 0 Å². The van der Waals surface area contributed by atoms with Gasteiger partial charge in [0.05, 0.1) is 0 Å². The van der Waals surface area contributed by atoms with Crippen LogP contribution in [0.25, 0.3) is 0 Å². The Morgan fingerprint density at radius 3 is 1.93 bits per heavy atom. The molecule has 1 rings (SSSR count). The number of nitrogens with zero attached hydrogens (tertiary/aromatic N) is 1. The van der Waals surface area contributed by atoms with E-state index in [4.69, 9.17) is 0 Å². The van der Waals surface area contributed by atoms with Gasteiger partial charge in [0, 0.05) is 12.1 Å². The van der Waals surface area contributed by atoms with Crippen LogP contribution < -0.4 is 0 Å². The maximum Gasteiger partial charge on any atom is 0.00978 e. The molecule has 84 valence electrons. The molecule has 0 heterocycles. The minimum Gasteiger partial charge on any atom is -0.298 e. The van der Waals surface area contributed by atoms with Gasteiger partial charge in [-0.2, -0.15) is 0 Å². The fourth-order valence-corrected chi connectivity index (χ4v) is 2.81. The minimum absolute atomic E-state index is 0.726. The van der Waals surface area contributed by atoms with Crippen LogP contribution in [-0.4, -0.2) is 23.5 Å². The largest absolute Gasteiger partial charge is 0.298 e. The molecule has 0 aromatic heterocycles. The van der Waals surface area contributed by atoms with Crippen LogP contribution in [-0.2, 0) is 0 Å². The molecule has 0 aliphatic heterocycles. The van der Waals surface area contributed by atoms with Gasteiger partial charge in [0.25, 0.3) is 0 Å². The smallest absolute Gasteiger partial charge is 0.00978 e. The monoisotopic (exact) mass is 197 g/mol. The number of hydrogen-bond acceptors (Lipinski definition) is 1. The molecule has 1 saturated carbocycles. The average Bonchev–Trinajstić information content (AvgIpc) is 2.08. The van der Waals surface area contributed by atoms with Crippen molar-refractivity contribution in [3.05, 3.63) is 0 Å². The molecule has 0 atom stereocenters. The quantitative estimate of drug-likeness (QED) is 0.664. The Hall–Kier alpha value is -0.0400. The van der Waals surface area contributed by atoms with E-state index in [1.165, 1.54) is 51.5 Å².